The van der Waals surface area contributed by atoms with Crippen molar-refractivity contribution in [1.29, 1.82) is 0 Å². The summed E-state index contributed by atoms with van der Waals surface area (Å²) in [7, 11) is -4.59. The summed E-state index contributed by atoms with van der Waals surface area (Å²) in [5, 5.41) is 0. The van der Waals surface area contributed by atoms with Gasteiger partial charge in [-0.15, -0.1) is 3.89 Å². The van der Waals surface area contributed by atoms with Gasteiger partial charge < -0.3 is 5.73 Å². The molecule has 1 atom stereocenters. The highest BCUT2D eigenvalue weighted by molar-refractivity contribution is 7.86. The van der Waals surface area contributed by atoms with Crippen molar-refractivity contribution < 1.29 is 17.1 Å². The number of hydrogen-bond donors (Lipinski definition) is 1. The predicted octanol–water partition coefficient (Wildman–Crippen LogP) is 0.624. The van der Waals surface area contributed by atoms with Crippen molar-refractivity contribution in [3.63, 3.8) is 0 Å². The molecule has 0 aromatic carbocycles. The number of carbonyl (C=O) groups excluding carboxylic acids is 1. The molecule has 2 N–H and O–H groups in total. The van der Waals surface area contributed by atoms with Crippen molar-refractivity contribution in [3.8, 4) is 0 Å². The molecule has 6 nitrogen and oxygen atoms in total. The van der Waals surface area contributed by atoms with Crippen LogP contribution < -0.4 is 10.6 Å². The summed E-state index contributed by atoms with van der Waals surface area (Å²) >= 11 is 0. The standard InChI is InChI=1S/C11H14FN3O3S/c1-7-2-3-14-11(10(7)13)15-5-8(4-9(15)16)6-19(12,17)18/h2-3,8H,4-6,13H2,1H3. The Morgan fingerprint density at radius 1 is 1.58 bits per heavy atom. The average Bonchev–Trinajstić information content (AvgIpc) is 2.61. The number of nitrogens with zero attached hydrogens (tertiary/aromatic N) is 2. The van der Waals surface area contributed by atoms with E-state index in [1.165, 1.54) is 11.1 Å². The Labute approximate surface area is 110 Å². The lowest BCUT2D eigenvalue weighted by Crippen LogP contribution is -2.27. The van der Waals surface area contributed by atoms with Gasteiger partial charge in [0.05, 0.1) is 11.4 Å². The van der Waals surface area contributed by atoms with Crippen LogP contribution in [0.1, 0.15) is 12.0 Å². The molecule has 1 unspecified atom stereocenters. The molecule has 2 rings (SSSR count). The number of aryl methyl sites for hydroxylation is 1. The van der Waals surface area contributed by atoms with E-state index in [-0.39, 0.29) is 18.9 Å². The first-order valence-electron chi connectivity index (χ1n) is 5.71. The largest absolute Gasteiger partial charge is 0.396 e. The highest BCUT2D eigenvalue weighted by Crippen LogP contribution is 2.30. The van der Waals surface area contributed by atoms with Gasteiger partial charge in [0.2, 0.25) is 5.91 Å². The minimum Gasteiger partial charge on any atom is -0.396 e. The predicted molar refractivity (Wildman–Crippen MR) is 68.7 cm³/mol. The lowest BCUT2D eigenvalue weighted by atomic mass is 10.1. The van der Waals surface area contributed by atoms with Gasteiger partial charge in [0.25, 0.3) is 0 Å². The molecule has 1 amide bonds. The van der Waals surface area contributed by atoms with Gasteiger partial charge in [-0.25, -0.2) is 4.98 Å². The maximum absolute atomic E-state index is 12.6. The Morgan fingerprint density at radius 2 is 2.26 bits per heavy atom. The molecule has 1 fully saturated rings. The van der Waals surface area contributed by atoms with E-state index in [2.05, 4.69) is 4.98 Å². The molecule has 1 aromatic heterocycles. The van der Waals surface area contributed by atoms with E-state index < -0.39 is 21.9 Å². The first kappa shape index (κ1) is 13.7. The lowest BCUT2D eigenvalue weighted by Gasteiger charge is -2.18. The Morgan fingerprint density at radius 3 is 2.89 bits per heavy atom. The summed E-state index contributed by atoms with van der Waals surface area (Å²) in [6.07, 6.45) is 1.51. The zero-order chi connectivity index (χ0) is 14.2. The summed E-state index contributed by atoms with van der Waals surface area (Å²) in [5.74, 6) is -1.20. The van der Waals surface area contributed by atoms with E-state index in [0.29, 0.717) is 11.5 Å². The summed E-state index contributed by atoms with van der Waals surface area (Å²) < 4.78 is 33.9. The van der Waals surface area contributed by atoms with Crippen LogP contribution in [0.5, 0.6) is 0 Å². The summed E-state index contributed by atoms with van der Waals surface area (Å²) in [6.45, 7) is 1.90. The number of nitrogens with two attached hydrogens (primary N) is 1. The number of anilines is 2. The Bertz CT molecular complexity index is 618. The molecule has 0 radical (unpaired) electrons. The topological polar surface area (TPSA) is 93.4 Å². The van der Waals surface area contributed by atoms with E-state index >= 15 is 0 Å². The van der Waals surface area contributed by atoms with Gasteiger partial charge in [-0.3, -0.25) is 9.69 Å². The zero-order valence-corrected chi connectivity index (χ0v) is 11.2. The molecule has 0 aliphatic carbocycles. The Kier molecular flexibility index (Phi) is 3.44. The van der Waals surface area contributed by atoms with E-state index in [0.717, 1.165) is 5.56 Å². The van der Waals surface area contributed by atoms with Crippen molar-refractivity contribution in [3.05, 3.63) is 17.8 Å². The fourth-order valence-electron chi connectivity index (χ4n) is 2.15. The number of pyridine rings is 1. The van der Waals surface area contributed by atoms with Crippen LogP contribution in [0.3, 0.4) is 0 Å². The van der Waals surface area contributed by atoms with Crippen molar-refractivity contribution in [2.75, 3.05) is 22.9 Å². The van der Waals surface area contributed by atoms with E-state index in [1.807, 2.05) is 0 Å². The monoisotopic (exact) mass is 287 g/mol. The second-order valence-corrected chi connectivity index (χ2v) is 6.06. The highest BCUT2D eigenvalue weighted by atomic mass is 32.3. The molecule has 1 aromatic rings. The molecule has 1 saturated heterocycles. The molecule has 8 heteroatoms. The number of hydrogen-bond acceptors (Lipinski definition) is 5. The molecule has 0 bridgehead atoms. The maximum Gasteiger partial charge on any atom is 0.302 e. The van der Waals surface area contributed by atoms with E-state index in [4.69, 9.17) is 5.73 Å². The second kappa shape index (κ2) is 4.76. The van der Waals surface area contributed by atoms with Crippen molar-refractivity contribution in [2.45, 2.75) is 13.3 Å². The second-order valence-electron chi connectivity index (χ2n) is 4.65. The molecular weight excluding hydrogens is 273 g/mol. The van der Waals surface area contributed by atoms with Gasteiger partial charge in [0.1, 0.15) is 0 Å². The fourth-order valence-corrected chi connectivity index (χ4v) is 2.94. The summed E-state index contributed by atoms with van der Waals surface area (Å²) in [6, 6.07) is 1.71. The smallest absolute Gasteiger partial charge is 0.302 e. The first-order valence-corrected chi connectivity index (χ1v) is 7.27. The van der Waals surface area contributed by atoms with Crippen LogP contribution >= 0.6 is 0 Å². The number of halogens is 1. The van der Waals surface area contributed by atoms with Crippen LogP contribution in [0.4, 0.5) is 15.4 Å². The van der Waals surface area contributed by atoms with E-state index in [9.17, 15) is 17.1 Å². The van der Waals surface area contributed by atoms with Crippen LogP contribution in [-0.2, 0) is 15.0 Å². The van der Waals surface area contributed by atoms with Gasteiger partial charge in [-0.1, -0.05) is 0 Å². The van der Waals surface area contributed by atoms with Crippen molar-refractivity contribution in [1.82, 2.24) is 4.98 Å². The number of amides is 1. The first-order chi connectivity index (χ1) is 8.78. The van der Waals surface area contributed by atoms with Crippen LogP contribution in [0.15, 0.2) is 12.3 Å². The van der Waals surface area contributed by atoms with Crippen molar-refractivity contribution in [2.24, 2.45) is 5.92 Å². The Balaban J connectivity index is 2.23. The van der Waals surface area contributed by atoms with Crippen molar-refractivity contribution >= 4 is 27.6 Å². The molecule has 19 heavy (non-hydrogen) atoms. The molecule has 2 heterocycles. The third kappa shape index (κ3) is 3.01. The summed E-state index contributed by atoms with van der Waals surface area (Å²) in [5.41, 5.74) is 7.00. The van der Waals surface area contributed by atoms with Crippen LogP contribution in [0, 0.1) is 12.8 Å². The van der Waals surface area contributed by atoms with Gasteiger partial charge in [-0.2, -0.15) is 8.42 Å². The van der Waals surface area contributed by atoms with Gasteiger partial charge in [0, 0.05) is 25.1 Å². The van der Waals surface area contributed by atoms with Crippen LogP contribution in [0.2, 0.25) is 0 Å². The minimum atomic E-state index is -4.59. The lowest BCUT2D eigenvalue weighted by molar-refractivity contribution is -0.117. The number of carbonyl (C=O) groups is 1. The number of rotatable bonds is 3. The molecule has 0 spiro atoms. The normalized spacial score (nSPS) is 20.0. The fraction of sp³-hybridized carbons (Fsp3) is 0.455. The molecule has 1 aliphatic heterocycles. The van der Waals surface area contributed by atoms with Gasteiger partial charge in [0.15, 0.2) is 5.82 Å². The average molecular weight is 287 g/mol. The van der Waals surface area contributed by atoms with Gasteiger partial charge in [-0.05, 0) is 18.6 Å². The quantitative estimate of drug-likeness (QED) is 0.823. The third-order valence-electron chi connectivity index (χ3n) is 3.08. The molecule has 1 aliphatic rings. The maximum atomic E-state index is 12.6. The van der Waals surface area contributed by atoms with Crippen LogP contribution in [0.25, 0.3) is 0 Å². The molecule has 104 valence electrons. The minimum absolute atomic E-state index is 0.0157. The number of aromatic nitrogens is 1. The third-order valence-corrected chi connectivity index (χ3v) is 3.95. The number of nitrogen functional groups attached to an aromatic ring is 1. The zero-order valence-electron chi connectivity index (χ0n) is 10.3. The highest BCUT2D eigenvalue weighted by Gasteiger charge is 2.35. The van der Waals surface area contributed by atoms with E-state index in [1.54, 1.807) is 13.0 Å². The summed E-state index contributed by atoms with van der Waals surface area (Å²) in [4.78, 5) is 17.2. The Hall–Kier alpha value is -1.70. The molecular formula is C11H14FN3O3S. The van der Waals surface area contributed by atoms with Crippen LogP contribution in [-0.4, -0.2) is 31.6 Å². The molecule has 0 saturated carbocycles. The van der Waals surface area contributed by atoms with Gasteiger partial charge >= 0.3 is 10.2 Å². The SMILES string of the molecule is Cc1ccnc(N2CC(CS(=O)(=O)F)CC2=O)c1N.